The van der Waals surface area contributed by atoms with Crippen molar-refractivity contribution in [3.63, 3.8) is 0 Å². The number of aliphatic carboxylic acids is 1. The summed E-state index contributed by atoms with van der Waals surface area (Å²) in [5.41, 5.74) is 2.20. The molecule has 0 heterocycles. The lowest BCUT2D eigenvalue weighted by Gasteiger charge is -2.00. The third kappa shape index (κ3) is 13.2. The second-order valence-electron chi connectivity index (χ2n) is 5.22. The Bertz CT molecular complexity index is 670. The van der Waals surface area contributed by atoms with Crippen molar-refractivity contribution in [2.75, 3.05) is 14.2 Å². The predicted molar refractivity (Wildman–Crippen MR) is 113 cm³/mol. The average Bonchev–Trinajstić information content (AvgIpc) is 2.69. The number of ether oxygens (including phenoxy) is 1. The van der Waals surface area contributed by atoms with E-state index in [0.29, 0.717) is 12.8 Å². The molecule has 0 spiro atoms. The number of aliphatic hydroxyl groups excluding tert-OH is 1. The Morgan fingerprint density at radius 2 is 1.19 bits per heavy atom. The highest BCUT2D eigenvalue weighted by Gasteiger charge is 2.00. The van der Waals surface area contributed by atoms with Gasteiger partial charge in [-0.3, -0.25) is 9.59 Å². The lowest BCUT2D eigenvalue weighted by atomic mass is 10.1. The van der Waals surface area contributed by atoms with Crippen molar-refractivity contribution in [1.29, 1.82) is 0 Å². The molecule has 2 aromatic carbocycles. The van der Waals surface area contributed by atoms with Crippen LogP contribution >= 0.6 is 31.9 Å². The summed E-state index contributed by atoms with van der Waals surface area (Å²) in [4.78, 5) is 21.1. The minimum Gasteiger partial charge on any atom is -0.481 e. The van der Waals surface area contributed by atoms with E-state index < -0.39 is 5.97 Å². The third-order valence-corrected chi connectivity index (χ3v) is 4.36. The molecule has 0 saturated heterocycles. The SMILES string of the molecule is CO.COC(=O)CCc1ccc(Br)cc1.O=C(O)CCc1ccc(Br)cc1. The summed E-state index contributed by atoms with van der Waals surface area (Å²) in [7, 11) is 2.41. The maximum absolute atomic E-state index is 10.8. The number of halogens is 2. The zero-order chi connectivity index (χ0) is 20.7. The van der Waals surface area contributed by atoms with Gasteiger partial charge in [-0.15, -0.1) is 0 Å². The topological polar surface area (TPSA) is 83.8 Å². The zero-order valence-corrected chi connectivity index (χ0v) is 18.5. The number of benzene rings is 2. The van der Waals surface area contributed by atoms with Crippen LogP contribution in [0.1, 0.15) is 24.0 Å². The molecule has 2 aromatic rings. The summed E-state index contributed by atoms with van der Waals surface area (Å²) in [6.07, 6.45) is 1.97. The molecule has 0 bridgehead atoms. The van der Waals surface area contributed by atoms with E-state index in [1.165, 1.54) is 7.11 Å². The van der Waals surface area contributed by atoms with Crippen LogP contribution in [0.15, 0.2) is 57.5 Å². The summed E-state index contributed by atoms with van der Waals surface area (Å²) in [6, 6.07) is 15.6. The Morgan fingerprint density at radius 1 is 0.815 bits per heavy atom. The first-order chi connectivity index (χ1) is 12.9. The number of aryl methyl sites for hydroxylation is 2. The Balaban J connectivity index is 0.000000460. The lowest BCUT2D eigenvalue weighted by molar-refractivity contribution is -0.140. The fraction of sp³-hybridized carbons (Fsp3) is 0.300. The molecule has 148 valence electrons. The van der Waals surface area contributed by atoms with Crippen molar-refractivity contribution in [2.24, 2.45) is 0 Å². The standard InChI is InChI=1S/C10H11BrO2.C9H9BrO2.CH4O/c1-13-10(12)7-4-8-2-5-9(11)6-3-8;10-8-4-1-7(2-5-8)3-6-9(11)12;1-2/h2-3,5-6H,4,7H2,1H3;1-2,4-5H,3,6H2,(H,11,12);2H,1H3. The Morgan fingerprint density at radius 3 is 1.52 bits per heavy atom. The fourth-order valence-electron chi connectivity index (χ4n) is 1.90. The van der Waals surface area contributed by atoms with Gasteiger partial charge in [-0.25, -0.2) is 0 Å². The van der Waals surface area contributed by atoms with Crippen LogP contribution in [-0.2, 0) is 27.2 Å². The van der Waals surface area contributed by atoms with E-state index in [9.17, 15) is 9.59 Å². The molecule has 0 aliphatic rings. The molecule has 2 rings (SSSR count). The summed E-state index contributed by atoms with van der Waals surface area (Å²) >= 11 is 6.66. The Labute approximate surface area is 176 Å². The smallest absolute Gasteiger partial charge is 0.305 e. The highest BCUT2D eigenvalue weighted by Crippen LogP contribution is 2.12. The minimum atomic E-state index is -0.752. The number of hydrogen-bond donors (Lipinski definition) is 2. The van der Waals surface area contributed by atoms with Crippen molar-refractivity contribution >= 4 is 43.8 Å². The van der Waals surface area contributed by atoms with Gasteiger partial charge in [-0.05, 0) is 48.2 Å². The van der Waals surface area contributed by atoms with Crippen LogP contribution in [0, 0.1) is 0 Å². The molecule has 0 aliphatic carbocycles. The second kappa shape index (κ2) is 15.4. The molecule has 0 aromatic heterocycles. The van der Waals surface area contributed by atoms with Gasteiger partial charge in [-0.1, -0.05) is 56.1 Å². The fourth-order valence-corrected chi connectivity index (χ4v) is 2.43. The molecule has 0 unspecified atom stereocenters. The van der Waals surface area contributed by atoms with Gasteiger partial charge in [0.2, 0.25) is 0 Å². The number of methoxy groups -OCH3 is 1. The van der Waals surface area contributed by atoms with Gasteiger partial charge in [0.25, 0.3) is 0 Å². The first-order valence-electron chi connectivity index (χ1n) is 8.13. The second-order valence-corrected chi connectivity index (χ2v) is 7.05. The van der Waals surface area contributed by atoms with Crippen molar-refractivity contribution in [3.05, 3.63) is 68.6 Å². The van der Waals surface area contributed by atoms with Crippen molar-refractivity contribution in [2.45, 2.75) is 25.7 Å². The number of esters is 1. The first-order valence-corrected chi connectivity index (χ1v) is 9.71. The maximum Gasteiger partial charge on any atom is 0.305 e. The van der Waals surface area contributed by atoms with Gasteiger partial charge in [-0.2, -0.15) is 0 Å². The molecule has 0 radical (unpaired) electrons. The van der Waals surface area contributed by atoms with Crippen LogP contribution in [0.2, 0.25) is 0 Å². The molecule has 5 nitrogen and oxygen atoms in total. The van der Waals surface area contributed by atoms with Crippen LogP contribution < -0.4 is 0 Å². The van der Waals surface area contributed by atoms with Crippen LogP contribution in [0.3, 0.4) is 0 Å². The van der Waals surface area contributed by atoms with Gasteiger partial charge in [0, 0.05) is 28.9 Å². The van der Waals surface area contributed by atoms with Gasteiger partial charge in [0.05, 0.1) is 7.11 Å². The van der Waals surface area contributed by atoms with E-state index in [0.717, 1.165) is 33.6 Å². The Kier molecular flexibility index (Phi) is 14.4. The van der Waals surface area contributed by atoms with Crippen LogP contribution in [0.4, 0.5) is 0 Å². The van der Waals surface area contributed by atoms with Gasteiger partial charge in [0.15, 0.2) is 0 Å². The molecule has 0 fully saturated rings. The van der Waals surface area contributed by atoms with Crippen LogP contribution in [0.25, 0.3) is 0 Å². The van der Waals surface area contributed by atoms with Gasteiger partial charge >= 0.3 is 11.9 Å². The zero-order valence-electron chi connectivity index (χ0n) is 15.3. The number of carboxylic acids is 1. The number of rotatable bonds is 6. The first kappa shape index (κ1) is 25.3. The molecule has 0 atom stereocenters. The van der Waals surface area contributed by atoms with Gasteiger partial charge < -0.3 is 14.9 Å². The van der Waals surface area contributed by atoms with Crippen molar-refractivity contribution < 1.29 is 24.5 Å². The molecular weight excluding hydrogens is 480 g/mol. The number of hydrogen-bond acceptors (Lipinski definition) is 4. The summed E-state index contributed by atoms with van der Waals surface area (Å²) in [6.45, 7) is 0. The van der Waals surface area contributed by atoms with E-state index in [1.54, 1.807) is 0 Å². The molecule has 0 amide bonds. The van der Waals surface area contributed by atoms with E-state index in [-0.39, 0.29) is 12.4 Å². The number of carbonyl (C=O) groups is 2. The summed E-state index contributed by atoms with van der Waals surface area (Å²) < 4.78 is 6.61. The van der Waals surface area contributed by atoms with Crippen molar-refractivity contribution in [3.8, 4) is 0 Å². The molecule has 27 heavy (non-hydrogen) atoms. The largest absolute Gasteiger partial charge is 0.481 e. The highest BCUT2D eigenvalue weighted by atomic mass is 79.9. The number of carbonyl (C=O) groups excluding carboxylic acids is 1. The summed E-state index contributed by atoms with van der Waals surface area (Å²) in [5.74, 6) is -0.916. The average molecular weight is 504 g/mol. The highest BCUT2D eigenvalue weighted by molar-refractivity contribution is 9.10. The molecule has 0 aliphatic heterocycles. The van der Waals surface area contributed by atoms with E-state index >= 15 is 0 Å². The quantitative estimate of drug-likeness (QED) is 0.561. The van der Waals surface area contributed by atoms with Gasteiger partial charge in [0.1, 0.15) is 0 Å². The maximum atomic E-state index is 10.8. The molecule has 0 saturated carbocycles. The monoisotopic (exact) mass is 502 g/mol. The van der Waals surface area contributed by atoms with E-state index in [1.807, 2.05) is 48.5 Å². The van der Waals surface area contributed by atoms with E-state index in [2.05, 4.69) is 36.6 Å². The Hall–Kier alpha value is -1.70. The molecule has 2 N–H and O–H groups in total. The predicted octanol–water partition coefficient (Wildman–Crippen LogP) is 4.63. The minimum absolute atomic E-state index is 0.164. The molecular formula is C20H24Br2O5. The third-order valence-electron chi connectivity index (χ3n) is 3.30. The number of carboxylic acid groups (broad SMARTS) is 1. The summed E-state index contributed by atoms with van der Waals surface area (Å²) in [5, 5.41) is 15.4. The number of aliphatic hydroxyl groups is 1. The lowest BCUT2D eigenvalue weighted by Crippen LogP contribution is -2.01. The van der Waals surface area contributed by atoms with Crippen LogP contribution in [0.5, 0.6) is 0 Å². The van der Waals surface area contributed by atoms with Crippen LogP contribution in [-0.4, -0.2) is 36.4 Å². The normalized spacial score (nSPS) is 9.22. The molecule has 7 heteroatoms. The van der Waals surface area contributed by atoms with E-state index in [4.69, 9.17) is 10.2 Å². The van der Waals surface area contributed by atoms with Crippen molar-refractivity contribution in [1.82, 2.24) is 0 Å².